The number of piperidine rings is 1. The fourth-order valence-electron chi connectivity index (χ4n) is 3.31. The van der Waals surface area contributed by atoms with E-state index in [4.69, 9.17) is 0 Å². The number of likely N-dealkylation sites (tertiary alicyclic amines) is 1. The van der Waals surface area contributed by atoms with Crippen LogP contribution in [0.4, 0.5) is 10.1 Å². The summed E-state index contributed by atoms with van der Waals surface area (Å²) in [4.78, 5) is 25.7. The fourth-order valence-corrected chi connectivity index (χ4v) is 3.31. The number of amides is 2. The Hall–Kier alpha value is -2.89. The number of carbonyl (C=O) groups excluding carboxylic acids is 2. The first-order valence-corrected chi connectivity index (χ1v) is 8.62. The summed E-state index contributed by atoms with van der Waals surface area (Å²) in [7, 11) is 0. The van der Waals surface area contributed by atoms with E-state index in [-0.39, 0.29) is 11.7 Å². The SMILES string of the molecule is Cc1ccc(NNC(=O)C2(c3ccc(F)cc3)CCN(C=O)CC2)cc1. The largest absolute Gasteiger partial charge is 0.345 e. The van der Waals surface area contributed by atoms with Crippen molar-refractivity contribution in [3.63, 3.8) is 0 Å². The molecule has 2 N–H and O–H groups in total. The number of nitrogens with zero attached hydrogens (tertiary/aromatic N) is 1. The third kappa shape index (κ3) is 3.69. The van der Waals surface area contributed by atoms with Crippen LogP contribution in [0.5, 0.6) is 0 Å². The number of aryl methyl sites for hydroxylation is 1. The summed E-state index contributed by atoms with van der Waals surface area (Å²) in [5.74, 6) is -0.525. The Morgan fingerprint density at radius 1 is 1.08 bits per heavy atom. The van der Waals surface area contributed by atoms with E-state index in [2.05, 4.69) is 10.9 Å². The minimum absolute atomic E-state index is 0.185. The van der Waals surface area contributed by atoms with E-state index >= 15 is 0 Å². The zero-order valence-corrected chi connectivity index (χ0v) is 14.7. The maximum atomic E-state index is 13.3. The molecular weight excluding hydrogens is 333 g/mol. The molecule has 3 rings (SSSR count). The van der Waals surface area contributed by atoms with Crippen LogP contribution >= 0.6 is 0 Å². The molecule has 2 aromatic carbocycles. The Kier molecular flexibility index (Phi) is 5.21. The number of anilines is 1. The van der Waals surface area contributed by atoms with Gasteiger partial charge in [0.1, 0.15) is 5.82 Å². The van der Waals surface area contributed by atoms with Crippen molar-refractivity contribution in [3.05, 3.63) is 65.5 Å². The molecule has 1 saturated heterocycles. The molecule has 0 saturated carbocycles. The molecule has 136 valence electrons. The van der Waals surface area contributed by atoms with Crippen LogP contribution in [0.1, 0.15) is 24.0 Å². The maximum Gasteiger partial charge on any atom is 0.249 e. The lowest BCUT2D eigenvalue weighted by atomic mass is 9.72. The Labute approximate surface area is 152 Å². The van der Waals surface area contributed by atoms with Crippen molar-refractivity contribution in [2.75, 3.05) is 18.5 Å². The highest BCUT2D eigenvalue weighted by atomic mass is 19.1. The molecular formula is C20H22FN3O2. The highest BCUT2D eigenvalue weighted by Crippen LogP contribution is 2.35. The van der Waals surface area contributed by atoms with Crippen molar-refractivity contribution in [1.82, 2.24) is 10.3 Å². The predicted molar refractivity (Wildman–Crippen MR) is 97.9 cm³/mol. The van der Waals surface area contributed by atoms with Gasteiger partial charge in [-0.2, -0.15) is 0 Å². The smallest absolute Gasteiger partial charge is 0.249 e. The van der Waals surface area contributed by atoms with Gasteiger partial charge in [0.15, 0.2) is 0 Å². The van der Waals surface area contributed by atoms with Crippen molar-refractivity contribution < 1.29 is 14.0 Å². The molecule has 0 spiro atoms. The van der Waals surface area contributed by atoms with E-state index in [9.17, 15) is 14.0 Å². The molecule has 0 aromatic heterocycles. The number of hydrazine groups is 1. The van der Waals surface area contributed by atoms with E-state index in [0.29, 0.717) is 25.9 Å². The number of rotatable bonds is 5. The highest BCUT2D eigenvalue weighted by molar-refractivity contribution is 5.89. The van der Waals surface area contributed by atoms with Crippen molar-refractivity contribution in [2.24, 2.45) is 0 Å². The van der Waals surface area contributed by atoms with Gasteiger partial charge in [0.2, 0.25) is 12.3 Å². The molecule has 1 aliphatic rings. The number of nitrogens with one attached hydrogen (secondary N) is 2. The van der Waals surface area contributed by atoms with Crippen LogP contribution in [0.15, 0.2) is 48.5 Å². The summed E-state index contributed by atoms with van der Waals surface area (Å²) in [5, 5.41) is 0. The summed E-state index contributed by atoms with van der Waals surface area (Å²) < 4.78 is 13.3. The second-order valence-corrected chi connectivity index (χ2v) is 6.68. The van der Waals surface area contributed by atoms with Crippen molar-refractivity contribution >= 4 is 18.0 Å². The van der Waals surface area contributed by atoms with Gasteiger partial charge in [-0.15, -0.1) is 0 Å². The zero-order valence-electron chi connectivity index (χ0n) is 14.7. The second-order valence-electron chi connectivity index (χ2n) is 6.68. The first-order valence-electron chi connectivity index (χ1n) is 8.62. The molecule has 0 radical (unpaired) electrons. The Balaban J connectivity index is 1.80. The van der Waals surface area contributed by atoms with Gasteiger partial charge in [0.25, 0.3) is 0 Å². The number of hydrogen-bond acceptors (Lipinski definition) is 3. The molecule has 0 bridgehead atoms. The summed E-state index contributed by atoms with van der Waals surface area (Å²) >= 11 is 0. The molecule has 2 aromatic rings. The van der Waals surface area contributed by atoms with Gasteiger partial charge in [-0.3, -0.25) is 20.4 Å². The first kappa shape index (κ1) is 17.9. The van der Waals surface area contributed by atoms with Crippen molar-refractivity contribution in [2.45, 2.75) is 25.2 Å². The number of carbonyl (C=O) groups is 2. The van der Waals surface area contributed by atoms with Gasteiger partial charge >= 0.3 is 0 Å². The topological polar surface area (TPSA) is 61.4 Å². The maximum absolute atomic E-state index is 13.3. The average molecular weight is 355 g/mol. The summed E-state index contributed by atoms with van der Waals surface area (Å²) in [6, 6.07) is 13.7. The standard InChI is InChI=1S/C20H22FN3O2/c1-15-2-8-18(9-3-15)22-23-19(26)20(10-12-24(14-25)13-11-20)16-4-6-17(21)7-5-16/h2-9,14,22H,10-13H2,1H3,(H,23,26). The Morgan fingerprint density at radius 2 is 1.69 bits per heavy atom. The van der Waals surface area contributed by atoms with Crippen LogP contribution in [0, 0.1) is 12.7 Å². The first-order chi connectivity index (χ1) is 12.5. The number of hydrogen-bond donors (Lipinski definition) is 2. The van der Waals surface area contributed by atoms with E-state index in [1.165, 1.54) is 12.1 Å². The third-order valence-corrected chi connectivity index (χ3v) is 5.00. The quantitative estimate of drug-likeness (QED) is 0.640. The molecule has 6 heteroatoms. The lowest BCUT2D eigenvalue weighted by Gasteiger charge is -2.39. The van der Waals surface area contributed by atoms with Crippen LogP contribution < -0.4 is 10.9 Å². The molecule has 0 atom stereocenters. The molecule has 1 heterocycles. The van der Waals surface area contributed by atoms with Crippen LogP contribution in [0.25, 0.3) is 0 Å². The van der Waals surface area contributed by atoms with Gasteiger partial charge in [-0.1, -0.05) is 29.8 Å². The van der Waals surface area contributed by atoms with Crippen LogP contribution in [0.3, 0.4) is 0 Å². The molecule has 0 unspecified atom stereocenters. The Morgan fingerprint density at radius 3 is 2.27 bits per heavy atom. The van der Waals surface area contributed by atoms with E-state index in [0.717, 1.165) is 23.2 Å². The van der Waals surface area contributed by atoms with E-state index in [1.54, 1.807) is 17.0 Å². The fraction of sp³-hybridized carbons (Fsp3) is 0.300. The summed E-state index contributed by atoms with van der Waals surface area (Å²) in [6.45, 7) is 2.96. The number of benzene rings is 2. The molecule has 1 fully saturated rings. The van der Waals surface area contributed by atoms with Gasteiger partial charge in [0.05, 0.1) is 11.1 Å². The van der Waals surface area contributed by atoms with Crippen LogP contribution in [0.2, 0.25) is 0 Å². The summed E-state index contributed by atoms with van der Waals surface area (Å²) in [5.41, 5.74) is 7.60. The normalized spacial score (nSPS) is 16.0. The average Bonchev–Trinajstić information content (AvgIpc) is 2.68. The number of halogens is 1. The lowest BCUT2D eigenvalue weighted by Crippen LogP contribution is -2.52. The molecule has 0 aliphatic carbocycles. The third-order valence-electron chi connectivity index (χ3n) is 5.00. The van der Waals surface area contributed by atoms with E-state index < -0.39 is 5.41 Å². The van der Waals surface area contributed by atoms with Crippen molar-refractivity contribution in [3.8, 4) is 0 Å². The highest BCUT2D eigenvalue weighted by Gasteiger charge is 2.42. The van der Waals surface area contributed by atoms with E-state index in [1.807, 2.05) is 31.2 Å². The van der Waals surface area contributed by atoms with Gasteiger partial charge in [-0.25, -0.2) is 4.39 Å². The lowest BCUT2D eigenvalue weighted by molar-refractivity contribution is -0.130. The van der Waals surface area contributed by atoms with Crippen LogP contribution in [-0.2, 0) is 15.0 Å². The van der Waals surface area contributed by atoms with Gasteiger partial charge in [0, 0.05) is 13.1 Å². The Bertz CT molecular complexity index is 767. The monoisotopic (exact) mass is 355 g/mol. The van der Waals surface area contributed by atoms with Crippen LogP contribution in [-0.4, -0.2) is 30.3 Å². The molecule has 2 amide bonds. The predicted octanol–water partition coefficient (Wildman–Crippen LogP) is 2.77. The summed E-state index contributed by atoms with van der Waals surface area (Å²) in [6.07, 6.45) is 1.77. The molecule has 5 nitrogen and oxygen atoms in total. The zero-order chi connectivity index (χ0) is 18.6. The minimum atomic E-state index is -0.801. The van der Waals surface area contributed by atoms with Gasteiger partial charge in [-0.05, 0) is 49.6 Å². The second kappa shape index (κ2) is 7.56. The molecule has 26 heavy (non-hydrogen) atoms. The minimum Gasteiger partial charge on any atom is -0.345 e. The van der Waals surface area contributed by atoms with Crippen molar-refractivity contribution in [1.29, 1.82) is 0 Å². The van der Waals surface area contributed by atoms with Gasteiger partial charge < -0.3 is 4.90 Å². The molecule has 1 aliphatic heterocycles.